The van der Waals surface area contributed by atoms with E-state index in [1.165, 1.54) is 0 Å². The Morgan fingerprint density at radius 3 is 2.35 bits per heavy atom. The first kappa shape index (κ1) is 21.4. The zero-order chi connectivity index (χ0) is 23.9. The normalized spacial score (nSPS) is 11.6. The molecule has 6 heteroatoms. The van der Waals surface area contributed by atoms with Crippen LogP contribution in [0.2, 0.25) is 0 Å². The van der Waals surface area contributed by atoms with Gasteiger partial charge in [0.05, 0.1) is 28.7 Å². The summed E-state index contributed by atoms with van der Waals surface area (Å²) in [4.78, 5) is 16.0. The average molecular weight is 446 g/mol. The predicted molar refractivity (Wildman–Crippen MR) is 134 cm³/mol. The first-order valence-corrected chi connectivity index (χ1v) is 11.0. The molecule has 166 valence electrons. The number of amides is 1. The van der Waals surface area contributed by atoms with Gasteiger partial charge in [0.15, 0.2) is 0 Å². The number of carbonyl (C=O) groups excluding carboxylic acids is 1. The highest BCUT2D eigenvalue weighted by Crippen LogP contribution is 2.34. The number of hydrogen-bond donors (Lipinski definition) is 2. The molecule has 0 aliphatic heterocycles. The Balaban J connectivity index is 1.59. The molecule has 2 aromatic heterocycles. The monoisotopic (exact) mass is 445 g/mol. The zero-order valence-corrected chi connectivity index (χ0v) is 19.0. The van der Waals surface area contributed by atoms with Crippen LogP contribution in [-0.4, -0.2) is 21.1 Å². The molecule has 3 N–H and O–H groups in total. The molecule has 0 aliphatic rings. The second-order valence-electron chi connectivity index (χ2n) is 9.16. The number of hydrogen-bond acceptors (Lipinski definition) is 4. The molecular weight excluding hydrogens is 422 g/mol. The molecule has 6 nitrogen and oxygen atoms in total. The molecule has 0 fully saturated rings. The van der Waals surface area contributed by atoms with Crippen LogP contribution in [0.5, 0.6) is 0 Å². The van der Waals surface area contributed by atoms with Gasteiger partial charge < -0.3 is 5.73 Å². The molecule has 0 spiro atoms. The van der Waals surface area contributed by atoms with Gasteiger partial charge in [0, 0.05) is 21.9 Å². The van der Waals surface area contributed by atoms with E-state index in [1.807, 2.05) is 38.1 Å². The van der Waals surface area contributed by atoms with Crippen LogP contribution in [0.4, 0.5) is 0 Å². The van der Waals surface area contributed by atoms with Crippen LogP contribution in [0, 0.1) is 16.7 Å². The fraction of sp³-hybridized carbons (Fsp3) is 0.143. The largest absolute Gasteiger partial charge is 0.366 e. The maximum atomic E-state index is 11.4. The summed E-state index contributed by atoms with van der Waals surface area (Å²) in [6.07, 6.45) is 2.50. The van der Waals surface area contributed by atoms with Crippen LogP contribution in [-0.2, 0) is 6.42 Å². The molecule has 0 bridgehead atoms. The Morgan fingerprint density at radius 2 is 1.68 bits per heavy atom. The van der Waals surface area contributed by atoms with Crippen molar-refractivity contribution in [3.63, 3.8) is 0 Å². The lowest BCUT2D eigenvalue weighted by molar-refractivity contribution is 0.100. The van der Waals surface area contributed by atoms with E-state index in [1.54, 1.807) is 18.3 Å². The van der Waals surface area contributed by atoms with Crippen LogP contribution in [0.15, 0.2) is 72.9 Å². The van der Waals surface area contributed by atoms with Crippen molar-refractivity contribution in [3.8, 4) is 28.5 Å². The summed E-state index contributed by atoms with van der Waals surface area (Å²) in [5.41, 5.74) is 12.1. The lowest BCUT2D eigenvalue weighted by atomic mass is 9.87. The maximum absolute atomic E-state index is 11.4. The molecule has 1 amide bonds. The van der Waals surface area contributed by atoms with Crippen molar-refractivity contribution in [2.45, 2.75) is 20.3 Å². The highest BCUT2D eigenvalue weighted by molar-refractivity contribution is 6.11. The molecule has 0 saturated carbocycles. The van der Waals surface area contributed by atoms with Gasteiger partial charge in [-0.1, -0.05) is 42.5 Å². The fourth-order valence-corrected chi connectivity index (χ4v) is 4.25. The zero-order valence-electron chi connectivity index (χ0n) is 19.0. The highest BCUT2D eigenvalue weighted by Gasteiger charge is 2.18. The Labute approximate surface area is 197 Å². The number of nitrogens with one attached hydrogen (secondary N) is 1. The minimum atomic E-state index is -0.443. The molecule has 2 heterocycles. The number of aromatic nitrogens is 3. The minimum absolute atomic E-state index is 0.408. The number of primary amides is 1. The minimum Gasteiger partial charge on any atom is -0.366 e. The van der Waals surface area contributed by atoms with Crippen LogP contribution in [0.3, 0.4) is 0 Å². The second-order valence-corrected chi connectivity index (χ2v) is 9.16. The topological polar surface area (TPSA) is 108 Å². The van der Waals surface area contributed by atoms with E-state index in [-0.39, 0.29) is 0 Å². The molecule has 5 rings (SSSR count). The number of rotatable bonds is 5. The van der Waals surface area contributed by atoms with E-state index >= 15 is 0 Å². The van der Waals surface area contributed by atoms with Crippen molar-refractivity contribution in [1.29, 1.82) is 5.26 Å². The third-order valence-electron chi connectivity index (χ3n) is 6.07. The highest BCUT2D eigenvalue weighted by atomic mass is 16.1. The number of carbonyl (C=O) groups is 1. The Morgan fingerprint density at radius 1 is 1.00 bits per heavy atom. The van der Waals surface area contributed by atoms with Crippen molar-refractivity contribution in [1.82, 2.24) is 15.2 Å². The lowest BCUT2D eigenvalue weighted by Gasteiger charge is -2.15. The number of nitrogens with zero attached hydrogens (tertiary/aromatic N) is 3. The first-order valence-electron chi connectivity index (χ1n) is 11.0. The number of benzene rings is 3. The first-order chi connectivity index (χ1) is 16.3. The van der Waals surface area contributed by atoms with Crippen LogP contribution in [0.25, 0.3) is 44.2 Å². The standard InChI is InChI=1S/C28H23N5O/c1-28(2,16-29)14-17-3-5-19(6-4-17)26-25-22-13-21(18-7-9-20(10-8-18)27(30)34)11-12-23(22)31-15-24(25)32-33-26/h3-13,15H,14H2,1-2H3,(H2,30,34)(H,32,33). The van der Waals surface area contributed by atoms with Crippen LogP contribution < -0.4 is 5.73 Å². The molecule has 0 aliphatic carbocycles. The number of pyridine rings is 1. The van der Waals surface area contributed by atoms with E-state index in [4.69, 9.17) is 5.73 Å². The summed E-state index contributed by atoms with van der Waals surface area (Å²) in [6.45, 7) is 3.89. The van der Waals surface area contributed by atoms with Crippen molar-refractivity contribution >= 4 is 27.7 Å². The second kappa shape index (κ2) is 8.13. The van der Waals surface area contributed by atoms with Crippen molar-refractivity contribution in [2.24, 2.45) is 11.1 Å². The molecule has 0 radical (unpaired) electrons. The summed E-state index contributed by atoms with van der Waals surface area (Å²) >= 11 is 0. The van der Waals surface area contributed by atoms with Gasteiger partial charge in [-0.25, -0.2) is 0 Å². The maximum Gasteiger partial charge on any atom is 0.248 e. The van der Waals surface area contributed by atoms with Gasteiger partial charge in [-0.2, -0.15) is 10.4 Å². The summed E-state index contributed by atoms with van der Waals surface area (Å²) in [5, 5.41) is 19.0. The number of fused-ring (bicyclic) bond motifs is 3. The van der Waals surface area contributed by atoms with E-state index < -0.39 is 11.3 Å². The molecule has 0 atom stereocenters. The predicted octanol–water partition coefficient (Wildman–Crippen LogP) is 5.64. The summed E-state index contributed by atoms with van der Waals surface area (Å²) in [6, 6.07) is 24.0. The van der Waals surface area contributed by atoms with E-state index in [2.05, 4.69) is 51.6 Å². The Bertz CT molecular complexity index is 1570. The van der Waals surface area contributed by atoms with Gasteiger partial charge in [-0.3, -0.25) is 14.9 Å². The molecule has 0 saturated heterocycles. The molecule has 0 unspecified atom stereocenters. The number of nitrogens with two attached hydrogens (primary N) is 1. The quantitative estimate of drug-likeness (QED) is 0.365. The third kappa shape index (κ3) is 3.89. The van der Waals surface area contributed by atoms with Crippen LogP contribution >= 0.6 is 0 Å². The Hall–Kier alpha value is -4.50. The average Bonchev–Trinajstić information content (AvgIpc) is 3.29. The molecule has 5 aromatic rings. The van der Waals surface area contributed by atoms with E-state index in [0.717, 1.165) is 49.8 Å². The molecule has 34 heavy (non-hydrogen) atoms. The van der Waals surface area contributed by atoms with Gasteiger partial charge in [0.25, 0.3) is 0 Å². The Kier molecular flexibility index (Phi) is 5.10. The van der Waals surface area contributed by atoms with Crippen molar-refractivity contribution in [2.75, 3.05) is 0 Å². The summed E-state index contributed by atoms with van der Waals surface area (Å²) in [5.74, 6) is -0.443. The summed E-state index contributed by atoms with van der Waals surface area (Å²) in [7, 11) is 0. The van der Waals surface area contributed by atoms with Gasteiger partial charge >= 0.3 is 0 Å². The van der Waals surface area contributed by atoms with E-state index in [9.17, 15) is 10.1 Å². The van der Waals surface area contributed by atoms with Gasteiger partial charge in [0.2, 0.25) is 5.91 Å². The van der Waals surface area contributed by atoms with Gasteiger partial charge in [-0.15, -0.1) is 0 Å². The lowest BCUT2D eigenvalue weighted by Crippen LogP contribution is -2.11. The van der Waals surface area contributed by atoms with Crippen molar-refractivity contribution < 1.29 is 4.79 Å². The van der Waals surface area contributed by atoms with E-state index in [0.29, 0.717) is 12.0 Å². The van der Waals surface area contributed by atoms with Crippen LogP contribution in [0.1, 0.15) is 29.8 Å². The summed E-state index contributed by atoms with van der Waals surface area (Å²) < 4.78 is 0. The SMILES string of the molecule is CC(C)(C#N)Cc1ccc(-c2n[nH]c3cnc4ccc(-c5ccc(C(N)=O)cc5)cc4c23)cc1. The third-order valence-corrected chi connectivity index (χ3v) is 6.07. The molecular formula is C28H23N5O. The number of H-pyrrole nitrogens is 1. The van der Waals surface area contributed by atoms with Gasteiger partial charge in [-0.05, 0) is 61.2 Å². The number of nitriles is 1. The smallest absolute Gasteiger partial charge is 0.248 e. The number of aromatic amines is 1. The van der Waals surface area contributed by atoms with Crippen molar-refractivity contribution in [3.05, 3.63) is 84.1 Å². The van der Waals surface area contributed by atoms with Gasteiger partial charge in [0.1, 0.15) is 5.69 Å². The fourth-order valence-electron chi connectivity index (χ4n) is 4.25. The molecule has 3 aromatic carbocycles.